The molecule has 0 atom stereocenters. The molecule has 5 heteroatoms. The van der Waals surface area contributed by atoms with Gasteiger partial charge in [0.25, 0.3) is 5.91 Å². The topological polar surface area (TPSA) is 40.6 Å². The smallest absolute Gasteiger partial charge is 0.254 e. The molecule has 4 nitrogen and oxygen atoms in total. The number of hydrogen-bond acceptors (Lipinski definition) is 3. The van der Waals surface area contributed by atoms with Crippen molar-refractivity contribution in [1.82, 2.24) is 9.80 Å². The van der Waals surface area contributed by atoms with E-state index in [2.05, 4.69) is 11.8 Å². The SMILES string of the molecule is CCCCCC(=O)N1CCC2(CC1)SCCN2C(=O)c1ccccc1. The number of piperidine rings is 1. The predicted molar refractivity (Wildman–Crippen MR) is 103 cm³/mol. The van der Waals surface area contributed by atoms with E-state index in [-0.39, 0.29) is 16.7 Å². The van der Waals surface area contributed by atoms with E-state index in [9.17, 15) is 9.59 Å². The first-order chi connectivity index (χ1) is 12.2. The van der Waals surface area contributed by atoms with Crippen LogP contribution in [0.25, 0.3) is 0 Å². The largest absolute Gasteiger partial charge is 0.342 e. The van der Waals surface area contributed by atoms with Crippen LogP contribution in [0.3, 0.4) is 0 Å². The summed E-state index contributed by atoms with van der Waals surface area (Å²) < 4.78 is 0. The van der Waals surface area contributed by atoms with Gasteiger partial charge in [-0.2, -0.15) is 0 Å². The van der Waals surface area contributed by atoms with E-state index >= 15 is 0 Å². The van der Waals surface area contributed by atoms with Gasteiger partial charge in [0.1, 0.15) is 0 Å². The van der Waals surface area contributed by atoms with Gasteiger partial charge in [0.05, 0.1) is 4.87 Å². The Bertz CT molecular complexity index is 597. The fraction of sp³-hybridized carbons (Fsp3) is 0.600. The molecule has 2 saturated heterocycles. The molecule has 0 N–H and O–H groups in total. The third kappa shape index (κ3) is 4.02. The molecule has 0 radical (unpaired) electrons. The average Bonchev–Trinajstić information content (AvgIpc) is 3.05. The molecule has 0 bridgehead atoms. The normalized spacial score (nSPS) is 19.4. The standard InChI is InChI=1S/C20H28N2O2S/c1-2-3-5-10-18(23)21-13-11-20(12-14-21)22(15-16-25-20)19(24)17-8-6-4-7-9-17/h4,6-9H,2-3,5,10-16H2,1H3. The van der Waals surface area contributed by atoms with E-state index in [1.807, 2.05) is 47.0 Å². The zero-order valence-corrected chi connectivity index (χ0v) is 15.9. The van der Waals surface area contributed by atoms with Gasteiger partial charge in [-0.25, -0.2) is 0 Å². The first-order valence-corrected chi connectivity index (χ1v) is 10.4. The summed E-state index contributed by atoms with van der Waals surface area (Å²) in [6.07, 6.45) is 5.69. The third-order valence-corrected chi connectivity index (χ3v) is 6.89. The third-order valence-electron chi connectivity index (χ3n) is 5.34. The summed E-state index contributed by atoms with van der Waals surface area (Å²) >= 11 is 1.90. The molecule has 2 heterocycles. The second-order valence-electron chi connectivity index (χ2n) is 6.96. The van der Waals surface area contributed by atoms with Crippen LogP contribution in [0.4, 0.5) is 0 Å². The Morgan fingerprint density at radius 3 is 2.48 bits per heavy atom. The number of likely N-dealkylation sites (tertiary alicyclic amines) is 1. The summed E-state index contributed by atoms with van der Waals surface area (Å²) in [5.74, 6) is 1.41. The highest BCUT2D eigenvalue weighted by atomic mass is 32.2. The lowest BCUT2D eigenvalue weighted by Gasteiger charge is -2.44. The van der Waals surface area contributed by atoms with Crippen LogP contribution in [-0.2, 0) is 4.79 Å². The molecule has 2 amide bonds. The highest BCUT2D eigenvalue weighted by molar-refractivity contribution is 8.00. The number of nitrogens with zero attached hydrogens (tertiary/aromatic N) is 2. The van der Waals surface area contributed by atoms with Crippen molar-refractivity contribution in [3.8, 4) is 0 Å². The molecular formula is C20H28N2O2S. The van der Waals surface area contributed by atoms with Crippen molar-refractivity contribution >= 4 is 23.6 Å². The Morgan fingerprint density at radius 1 is 1.08 bits per heavy atom. The van der Waals surface area contributed by atoms with Gasteiger partial charge < -0.3 is 9.80 Å². The van der Waals surface area contributed by atoms with Crippen molar-refractivity contribution < 1.29 is 9.59 Å². The summed E-state index contributed by atoms with van der Waals surface area (Å²) in [4.78, 5) is 29.2. The molecule has 2 aliphatic rings. The van der Waals surface area contributed by atoms with Crippen LogP contribution in [0, 0.1) is 0 Å². The summed E-state index contributed by atoms with van der Waals surface area (Å²) in [5.41, 5.74) is 0.766. The highest BCUT2D eigenvalue weighted by Crippen LogP contribution is 2.44. The molecule has 1 spiro atoms. The van der Waals surface area contributed by atoms with Crippen molar-refractivity contribution in [3.05, 3.63) is 35.9 Å². The number of carbonyl (C=O) groups is 2. The molecule has 136 valence electrons. The zero-order valence-electron chi connectivity index (χ0n) is 15.1. The molecule has 0 aromatic heterocycles. The van der Waals surface area contributed by atoms with Gasteiger partial charge in [0.15, 0.2) is 0 Å². The van der Waals surface area contributed by atoms with Crippen molar-refractivity contribution in [2.24, 2.45) is 0 Å². The Balaban J connectivity index is 1.61. The van der Waals surface area contributed by atoms with Gasteiger partial charge in [-0.1, -0.05) is 38.0 Å². The van der Waals surface area contributed by atoms with Crippen molar-refractivity contribution in [2.75, 3.05) is 25.4 Å². The molecule has 2 fully saturated rings. The van der Waals surface area contributed by atoms with Gasteiger partial charge in [-0.05, 0) is 31.4 Å². The minimum absolute atomic E-state index is 0.118. The molecule has 25 heavy (non-hydrogen) atoms. The molecule has 1 aromatic rings. The Hall–Kier alpha value is -1.49. The van der Waals surface area contributed by atoms with Gasteiger partial charge >= 0.3 is 0 Å². The molecule has 2 aliphatic heterocycles. The van der Waals surface area contributed by atoms with Gasteiger partial charge in [-0.15, -0.1) is 11.8 Å². The van der Waals surface area contributed by atoms with Crippen molar-refractivity contribution in [2.45, 2.75) is 50.3 Å². The van der Waals surface area contributed by atoms with Crippen LogP contribution in [-0.4, -0.2) is 51.9 Å². The Labute approximate surface area is 154 Å². The summed E-state index contributed by atoms with van der Waals surface area (Å²) in [6, 6.07) is 9.56. The van der Waals surface area contributed by atoms with Crippen LogP contribution in [0.2, 0.25) is 0 Å². The zero-order chi connectivity index (χ0) is 17.7. The lowest BCUT2D eigenvalue weighted by molar-refractivity contribution is -0.132. The van der Waals surface area contributed by atoms with E-state index in [0.29, 0.717) is 6.42 Å². The van der Waals surface area contributed by atoms with E-state index in [1.54, 1.807) is 0 Å². The predicted octanol–water partition coefficient (Wildman–Crippen LogP) is 3.77. The molecule has 1 aromatic carbocycles. The summed E-state index contributed by atoms with van der Waals surface area (Å²) in [5, 5.41) is 0. The van der Waals surface area contributed by atoms with Crippen LogP contribution in [0.1, 0.15) is 55.8 Å². The Kier molecular flexibility index (Phi) is 6.05. The number of thioether (sulfide) groups is 1. The first-order valence-electron chi connectivity index (χ1n) is 9.45. The van der Waals surface area contributed by atoms with Gasteiger partial charge in [-0.3, -0.25) is 9.59 Å². The number of unbranched alkanes of at least 4 members (excludes halogenated alkanes) is 2. The first kappa shape index (κ1) is 18.3. The minimum Gasteiger partial charge on any atom is -0.342 e. The quantitative estimate of drug-likeness (QED) is 0.751. The molecule has 0 aliphatic carbocycles. The van der Waals surface area contributed by atoms with E-state index in [0.717, 1.165) is 63.1 Å². The summed E-state index contributed by atoms with van der Waals surface area (Å²) in [7, 11) is 0. The number of benzene rings is 1. The lowest BCUT2D eigenvalue weighted by atomic mass is 10.00. The van der Waals surface area contributed by atoms with Crippen LogP contribution in [0.15, 0.2) is 30.3 Å². The second-order valence-corrected chi connectivity index (χ2v) is 8.41. The second kappa shape index (κ2) is 8.26. The Morgan fingerprint density at radius 2 is 1.80 bits per heavy atom. The highest BCUT2D eigenvalue weighted by Gasteiger charge is 2.46. The van der Waals surface area contributed by atoms with Crippen LogP contribution < -0.4 is 0 Å². The van der Waals surface area contributed by atoms with Gasteiger partial charge in [0, 0.05) is 37.4 Å². The van der Waals surface area contributed by atoms with Gasteiger partial charge in [0.2, 0.25) is 5.91 Å². The molecular weight excluding hydrogens is 332 g/mol. The maximum atomic E-state index is 12.9. The number of carbonyl (C=O) groups excluding carboxylic acids is 2. The maximum absolute atomic E-state index is 12.9. The van der Waals surface area contributed by atoms with E-state index in [4.69, 9.17) is 0 Å². The lowest BCUT2D eigenvalue weighted by Crippen LogP contribution is -2.53. The molecule has 3 rings (SSSR count). The fourth-order valence-electron chi connectivity index (χ4n) is 3.84. The maximum Gasteiger partial charge on any atom is 0.254 e. The number of rotatable bonds is 5. The number of hydrogen-bond donors (Lipinski definition) is 0. The minimum atomic E-state index is -0.118. The molecule has 0 saturated carbocycles. The molecule has 0 unspecified atom stereocenters. The van der Waals surface area contributed by atoms with Crippen molar-refractivity contribution in [3.63, 3.8) is 0 Å². The monoisotopic (exact) mass is 360 g/mol. The summed E-state index contributed by atoms with van der Waals surface area (Å²) in [6.45, 7) is 4.51. The van der Waals surface area contributed by atoms with Crippen molar-refractivity contribution in [1.29, 1.82) is 0 Å². The number of amides is 2. The average molecular weight is 361 g/mol. The van der Waals surface area contributed by atoms with E-state index < -0.39 is 0 Å². The van der Waals surface area contributed by atoms with Crippen LogP contribution >= 0.6 is 11.8 Å². The van der Waals surface area contributed by atoms with E-state index in [1.165, 1.54) is 0 Å². The fourth-order valence-corrected chi connectivity index (χ4v) is 5.29. The van der Waals surface area contributed by atoms with Crippen LogP contribution in [0.5, 0.6) is 0 Å².